The molecular weight excluding hydrogens is 260 g/mol. The molecule has 108 valence electrons. The van der Waals surface area contributed by atoms with Crippen molar-refractivity contribution in [3.8, 4) is 5.75 Å². The molecule has 0 aliphatic heterocycles. The lowest BCUT2D eigenvalue weighted by Crippen LogP contribution is -2.27. The number of hydrogen-bond acceptors (Lipinski definition) is 5. The largest absolute Gasteiger partial charge is 0.496 e. The van der Waals surface area contributed by atoms with Crippen molar-refractivity contribution in [1.29, 1.82) is 0 Å². The number of benzene rings is 1. The number of para-hydroxylation sites is 1. The van der Waals surface area contributed by atoms with Gasteiger partial charge in [-0.3, -0.25) is 9.88 Å². The van der Waals surface area contributed by atoms with Crippen LogP contribution in [0.15, 0.2) is 29.1 Å². The van der Waals surface area contributed by atoms with E-state index in [1.807, 2.05) is 29.2 Å². The summed E-state index contributed by atoms with van der Waals surface area (Å²) >= 11 is 0. The molecule has 1 aromatic heterocycles. The monoisotopic (exact) mass is 278 g/mol. The Morgan fingerprint density at radius 2 is 2.15 bits per heavy atom. The van der Waals surface area contributed by atoms with Gasteiger partial charge in [0.15, 0.2) is 0 Å². The van der Waals surface area contributed by atoms with E-state index in [1.54, 1.807) is 7.11 Å². The Hall–Kier alpha value is -2.12. The molecule has 0 saturated carbocycles. The van der Waals surface area contributed by atoms with Gasteiger partial charge in [-0.05, 0) is 6.07 Å². The minimum atomic E-state index is -0.332. The number of methoxy groups -OCH3 is 1. The average molecular weight is 278 g/mol. The maximum Gasteiger partial charge on any atom is 0.340 e. The molecule has 0 spiro atoms. The molecule has 0 aliphatic carbocycles. The standard InChI is InChI=1S/C13H18N4O3/c1-20-11-5-3-2-4-10(11)8-17(6-7-18)9-12-14-13(19)16-15-12/h2-5,18H,6-9H2,1H3,(H2,14,15,16,19). The van der Waals surface area contributed by atoms with E-state index in [-0.39, 0.29) is 12.3 Å². The number of ether oxygens (including phenoxy) is 1. The van der Waals surface area contributed by atoms with Crippen molar-refractivity contribution in [2.45, 2.75) is 13.1 Å². The summed E-state index contributed by atoms with van der Waals surface area (Å²) in [6.45, 7) is 1.55. The molecule has 2 aromatic rings. The highest BCUT2D eigenvalue weighted by Gasteiger charge is 2.11. The molecule has 0 amide bonds. The van der Waals surface area contributed by atoms with Crippen molar-refractivity contribution in [3.05, 3.63) is 46.1 Å². The van der Waals surface area contributed by atoms with E-state index in [9.17, 15) is 4.79 Å². The van der Waals surface area contributed by atoms with E-state index in [0.29, 0.717) is 25.5 Å². The molecule has 7 nitrogen and oxygen atoms in total. The third-order valence-corrected chi connectivity index (χ3v) is 2.93. The maximum atomic E-state index is 11.0. The van der Waals surface area contributed by atoms with Gasteiger partial charge in [0.25, 0.3) is 0 Å². The molecule has 2 rings (SSSR count). The summed E-state index contributed by atoms with van der Waals surface area (Å²) in [5, 5.41) is 15.4. The van der Waals surface area contributed by atoms with Crippen LogP contribution < -0.4 is 10.4 Å². The fourth-order valence-corrected chi connectivity index (χ4v) is 2.02. The SMILES string of the molecule is COc1ccccc1CN(CCO)Cc1n[nH]c(=O)[nH]1. The van der Waals surface area contributed by atoms with Gasteiger partial charge in [-0.15, -0.1) is 0 Å². The van der Waals surface area contributed by atoms with E-state index in [2.05, 4.69) is 15.2 Å². The van der Waals surface area contributed by atoms with Gasteiger partial charge >= 0.3 is 5.69 Å². The van der Waals surface area contributed by atoms with Crippen LogP contribution in [0.4, 0.5) is 0 Å². The third-order valence-electron chi connectivity index (χ3n) is 2.93. The molecule has 7 heteroatoms. The normalized spacial score (nSPS) is 10.9. The molecule has 0 radical (unpaired) electrons. The number of aromatic nitrogens is 3. The minimum absolute atomic E-state index is 0.0316. The van der Waals surface area contributed by atoms with Gasteiger partial charge in [0.2, 0.25) is 0 Å². The molecule has 20 heavy (non-hydrogen) atoms. The van der Waals surface area contributed by atoms with Gasteiger partial charge in [-0.1, -0.05) is 18.2 Å². The Morgan fingerprint density at radius 3 is 2.80 bits per heavy atom. The van der Waals surface area contributed by atoms with Crippen molar-refractivity contribution in [2.75, 3.05) is 20.3 Å². The lowest BCUT2D eigenvalue weighted by Gasteiger charge is -2.21. The first-order valence-electron chi connectivity index (χ1n) is 6.31. The van der Waals surface area contributed by atoms with Crippen molar-refractivity contribution in [1.82, 2.24) is 20.1 Å². The lowest BCUT2D eigenvalue weighted by molar-refractivity contribution is 0.180. The van der Waals surface area contributed by atoms with Crippen LogP contribution in [0.1, 0.15) is 11.4 Å². The number of nitrogens with zero attached hydrogens (tertiary/aromatic N) is 2. The first-order valence-corrected chi connectivity index (χ1v) is 6.31. The van der Waals surface area contributed by atoms with E-state index in [4.69, 9.17) is 9.84 Å². The van der Waals surface area contributed by atoms with Gasteiger partial charge in [0.1, 0.15) is 11.6 Å². The molecule has 3 N–H and O–H groups in total. The Labute approximate surface area is 116 Å². The van der Waals surface area contributed by atoms with Gasteiger partial charge in [-0.25, -0.2) is 9.89 Å². The second kappa shape index (κ2) is 6.88. The Bertz CT molecular complexity index is 593. The zero-order valence-corrected chi connectivity index (χ0v) is 11.3. The number of rotatable bonds is 7. The van der Waals surface area contributed by atoms with Crippen LogP contribution in [-0.2, 0) is 13.1 Å². The minimum Gasteiger partial charge on any atom is -0.496 e. The molecule has 0 bridgehead atoms. The molecule has 1 aromatic carbocycles. The summed E-state index contributed by atoms with van der Waals surface area (Å²) in [6.07, 6.45) is 0. The summed E-state index contributed by atoms with van der Waals surface area (Å²) < 4.78 is 5.31. The summed E-state index contributed by atoms with van der Waals surface area (Å²) in [6, 6.07) is 7.70. The smallest absolute Gasteiger partial charge is 0.340 e. The van der Waals surface area contributed by atoms with Crippen LogP contribution in [0, 0.1) is 0 Å². The number of hydrogen-bond donors (Lipinski definition) is 3. The predicted molar refractivity (Wildman–Crippen MR) is 73.4 cm³/mol. The van der Waals surface area contributed by atoms with Crippen molar-refractivity contribution < 1.29 is 9.84 Å². The lowest BCUT2D eigenvalue weighted by atomic mass is 10.2. The van der Waals surface area contributed by atoms with Crippen molar-refractivity contribution in [2.24, 2.45) is 0 Å². The third kappa shape index (κ3) is 3.69. The number of H-pyrrole nitrogens is 2. The second-order valence-electron chi connectivity index (χ2n) is 4.37. The van der Waals surface area contributed by atoms with Crippen LogP contribution >= 0.6 is 0 Å². The Balaban J connectivity index is 2.10. The van der Waals surface area contributed by atoms with Gasteiger partial charge in [-0.2, -0.15) is 5.10 Å². The van der Waals surface area contributed by atoms with Crippen LogP contribution in [0.3, 0.4) is 0 Å². The van der Waals surface area contributed by atoms with E-state index >= 15 is 0 Å². The van der Waals surface area contributed by atoms with Crippen LogP contribution in [0.25, 0.3) is 0 Å². The van der Waals surface area contributed by atoms with Crippen LogP contribution in [-0.4, -0.2) is 45.4 Å². The quantitative estimate of drug-likeness (QED) is 0.668. The zero-order valence-electron chi connectivity index (χ0n) is 11.3. The van der Waals surface area contributed by atoms with E-state index in [0.717, 1.165) is 11.3 Å². The summed E-state index contributed by atoms with van der Waals surface area (Å²) in [5.41, 5.74) is 0.683. The molecule has 0 saturated heterocycles. The highest BCUT2D eigenvalue weighted by Crippen LogP contribution is 2.19. The number of aliphatic hydroxyl groups is 1. The van der Waals surface area contributed by atoms with Gasteiger partial charge < -0.3 is 9.84 Å². The predicted octanol–water partition coefficient (Wildman–Crippen LogP) is 0.101. The summed E-state index contributed by atoms with van der Waals surface area (Å²) in [7, 11) is 1.63. The van der Waals surface area contributed by atoms with Crippen molar-refractivity contribution in [3.63, 3.8) is 0 Å². The molecular formula is C13H18N4O3. The topological polar surface area (TPSA) is 94.2 Å². The zero-order chi connectivity index (χ0) is 14.4. The molecule has 0 unspecified atom stereocenters. The van der Waals surface area contributed by atoms with E-state index < -0.39 is 0 Å². The highest BCUT2D eigenvalue weighted by molar-refractivity contribution is 5.33. The first kappa shape index (κ1) is 14.3. The average Bonchev–Trinajstić information content (AvgIpc) is 2.85. The number of nitrogens with one attached hydrogen (secondary N) is 2. The second-order valence-corrected chi connectivity index (χ2v) is 4.37. The summed E-state index contributed by atoms with van der Waals surface area (Å²) in [4.78, 5) is 15.6. The molecule has 0 fully saturated rings. The van der Waals surface area contributed by atoms with Crippen molar-refractivity contribution >= 4 is 0 Å². The molecule has 0 aliphatic rings. The maximum absolute atomic E-state index is 11.0. The van der Waals surface area contributed by atoms with Crippen LogP contribution in [0.5, 0.6) is 5.75 Å². The van der Waals surface area contributed by atoms with Gasteiger partial charge in [0, 0.05) is 18.7 Å². The molecule has 1 heterocycles. The Kier molecular flexibility index (Phi) is 4.91. The molecule has 0 atom stereocenters. The highest BCUT2D eigenvalue weighted by atomic mass is 16.5. The number of aliphatic hydroxyl groups excluding tert-OH is 1. The van der Waals surface area contributed by atoms with Gasteiger partial charge in [0.05, 0.1) is 20.3 Å². The van der Waals surface area contributed by atoms with Crippen LogP contribution in [0.2, 0.25) is 0 Å². The number of aromatic amines is 2. The fourth-order valence-electron chi connectivity index (χ4n) is 2.02. The Morgan fingerprint density at radius 1 is 1.35 bits per heavy atom. The first-order chi connectivity index (χ1) is 9.72. The fraction of sp³-hybridized carbons (Fsp3) is 0.385. The van der Waals surface area contributed by atoms with E-state index in [1.165, 1.54) is 0 Å². The summed E-state index contributed by atoms with van der Waals surface area (Å²) in [5.74, 6) is 1.34.